The highest BCUT2D eigenvalue weighted by Gasteiger charge is 2.40. The molecule has 1 unspecified atom stereocenters. The topological polar surface area (TPSA) is 84.7 Å². The Morgan fingerprint density at radius 3 is 2.74 bits per heavy atom. The first-order valence-corrected chi connectivity index (χ1v) is 11.7. The largest absolute Gasteiger partial charge is 0.369 e. The number of benzene rings is 2. The molecule has 0 fully saturated rings. The number of carbonyl (C=O) groups excluding carboxylic acids is 1. The lowest BCUT2D eigenvalue weighted by Crippen LogP contribution is -2.44. The van der Waals surface area contributed by atoms with Crippen LogP contribution in [0.1, 0.15) is 41.0 Å². The Labute approximate surface area is 202 Å². The predicted octanol–water partition coefficient (Wildman–Crippen LogP) is 4.84. The second-order valence-electron chi connectivity index (χ2n) is 9.46. The number of fused-ring (bicyclic) bond motifs is 2. The van der Waals surface area contributed by atoms with E-state index in [1.807, 2.05) is 19.1 Å². The van der Waals surface area contributed by atoms with Crippen molar-refractivity contribution in [3.05, 3.63) is 75.4 Å². The maximum Gasteiger partial charge on any atom is 0.229 e. The molecule has 1 amide bonds. The summed E-state index contributed by atoms with van der Waals surface area (Å²) in [5, 5.41) is 4.55. The Bertz CT molecular complexity index is 1300. The van der Waals surface area contributed by atoms with Crippen LogP contribution in [0.2, 0.25) is 5.02 Å². The number of aliphatic imine (C=N–C) groups is 1. The van der Waals surface area contributed by atoms with Gasteiger partial charge in [-0.1, -0.05) is 28.9 Å². The van der Waals surface area contributed by atoms with Crippen molar-refractivity contribution in [2.75, 3.05) is 7.05 Å². The zero-order valence-electron chi connectivity index (χ0n) is 19.2. The zero-order valence-corrected chi connectivity index (χ0v) is 20.0. The SMILES string of the molecule is Cc1onc2c1CC1(CC2)CC(=O)N(C)C(N)=NCc2cc(-c3cc(F)cc(Cl)c3)ccc2C1. The lowest BCUT2D eigenvalue weighted by atomic mass is 9.66. The van der Waals surface area contributed by atoms with Crippen LogP contribution in [-0.4, -0.2) is 29.0 Å². The number of amides is 1. The van der Waals surface area contributed by atoms with E-state index in [2.05, 4.69) is 16.2 Å². The fraction of sp³-hybridized carbons (Fsp3) is 0.346. The van der Waals surface area contributed by atoms with Gasteiger partial charge in [-0.15, -0.1) is 0 Å². The standard InChI is InChI=1S/C26H26ClFN4O2/c1-15-22-12-26(6-5-23(22)31-34-15)11-17-4-3-16(18-8-20(27)10-21(28)9-18)7-19(17)14-30-25(29)32(2)24(33)13-26/h3-4,7-10H,5-6,11-14H2,1-2H3,(H2,29,30). The number of nitrogens with two attached hydrogens (primary N) is 1. The van der Waals surface area contributed by atoms with Gasteiger partial charge in [0.2, 0.25) is 5.91 Å². The number of hydrogen-bond acceptors (Lipinski definition) is 5. The summed E-state index contributed by atoms with van der Waals surface area (Å²) in [4.78, 5) is 19.1. The Balaban J connectivity index is 1.60. The van der Waals surface area contributed by atoms with Crippen molar-refractivity contribution >= 4 is 23.5 Å². The molecular formula is C26H26ClFN4O2. The molecule has 2 aliphatic rings. The lowest BCUT2D eigenvalue weighted by Gasteiger charge is -2.38. The molecule has 1 aromatic heterocycles. The van der Waals surface area contributed by atoms with E-state index in [1.165, 1.54) is 17.0 Å². The maximum atomic E-state index is 14.0. The third-order valence-electron chi connectivity index (χ3n) is 7.13. The number of halogens is 2. The molecule has 2 heterocycles. The number of aromatic nitrogens is 1. The van der Waals surface area contributed by atoms with E-state index in [0.29, 0.717) is 30.0 Å². The molecule has 8 heteroatoms. The van der Waals surface area contributed by atoms with Gasteiger partial charge in [0.1, 0.15) is 11.6 Å². The summed E-state index contributed by atoms with van der Waals surface area (Å²) in [7, 11) is 1.67. The van der Waals surface area contributed by atoms with E-state index in [1.54, 1.807) is 13.1 Å². The summed E-state index contributed by atoms with van der Waals surface area (Å²) in [5.74, 6) is 0.565. The van der Waals surface area contributed by atoms with Gasteiger partial charge in [-0.3, -0.25) is 9.69 Å². The minimum absolute atomic E-state index is 0.0479. The van der Waals surface area contributed by atoms with Gasteiger partial charge in [0.25, 0.3) is 0 Å². The molecule has 1 aliphatic carbocycles. The summed E-state index contributed by atoms with van der Waals surface area (Å²) < 4.78 is 19.4. The number of nitrogens with zero attached hydrogens (tertiary/aromatic N) is 3. The van der Waals surface area contributed by atoms with Gasteiger partial charge in [0, 0.05) is 24.1 Å². The van der Waals surface area contributed by atoms with Crippen molar-refractivity contribution in [3.8, 4) is 11.1 Å². The number of aryl methyl sites for hydroxylation is 2. The first-order valence-electron chi connectivity index (χ1n) is 11.3. The number of carbonyl (C=O) groups is 1. The van der Waals surface area contributed by atoms with Crippen LogP contribution in [0.3, 0.4) is 0 Å². The molecule has 1 atom stereocenters. The van der Waals surface area contributed by atoms with E-state index in [4.69, 9.17) is 21.9 Å². The van der Waals surface area contributed by atoms with Gasteiger partial charge < -0.3 is 10.3 Å². The summed E-state index contributed by atoms with van der Waals surface area (Å²) >= 11 is 6.09. The van der Waals surface area contributed by atoms with Gasteiger partial charge in [-0.05, 0) is 84.5 Å². The Hall–Kier alpha value is -3.19. The van der Waals surface area contributed by atoms with Crippen LogP contribution in [0.4, 0.5) is 4.39 Å². The van der Waals surface area contributed by atoms with Crippen LogP contribution < -0.4 is 5.73 Å². The first kappa shape index (κ1) is 22.6. The predicted molar refractivity (Wildman–Crippen MR) is 129 cm³/mol. The maximum absolute atomic E-state index is 14.0. The molecule has 176 valence electrons. The van der Waals surface area contributed by atoms with Gasteiger partial charge in [0.15, 0.2) is 5.96 Å². The van der Waals surface area contributed by atoms with Gasteiger partial charge in [-0.25, -0.2) is 9.38 Å². The summed E-state index contributed by atoms with van der Waals surface area (Å²) in [5.41, 5.74) is 11.6. The molecule has 5 rings (SSSR count). The highest BCUT2D eigenvalue weighted by atomic mass is 35.5. The van der Waals surface area contributed by atoms with Gasteiger partial charge in [-0.2, -0.15) is 0 Å². The van der Waals surface area contributed by atoms with E-state index < -0.39 is 0 Å². The van der Waals surface area contributed by atoms with E-state index in [-0.39, 0.29) is 23.1 Å². The highest BCUT2D eigenvalue weighted by Crippen LogP contribution is 2.43. The third-order valence-corrected chi connectivity index (χ3v) is 7.35. The second-order valence-corrected chi connectivity index (χ2v) is 9.90. The zero-order chi connectivity index (χ0) is 24.0. The van der Waals surface area contributed by atoms with Gasteiger partial charge >= 0.3 is 0 Å². The molecule has 0 radical (unpaired) electrons. The van der Waals surface area contributed by atoms with Crippen molar-refractivity contribution in [1.82, 2.24) is 10.1 Å². The number of hydrogen-bond donors (Lipinski definition) is 1. The molecule has 1 aliphatic heterocycles. The fourth-order valence-corrected chi connectivity index (χ4v) is 5.38. The summed E-state index contributed by atoms with van der Waals surface area (Å²) in [6, 6.07) is 10.6. The van der Waals surface area contributed by atoms with Crippen LogP contribution in [0, 0.1) is 18.2 Å². The fourth-order valence-electron chi connectivity index (χ4n) is 5.16. The number of guanidine groups is 1. The normalized spacial score (nSPS) is 20.6. The van der Waals surface area contributed by atoms with E-state index in [0.717, 1.165) is 53.0 Å². The van der Waals surface area contributed by atoms with E-state index in [9.17, 15) is 9.18 Å². The Morgan fingerprint density at radius 2 is 1.94 bits per heavy atom. The minimum Gasteiger partial charge on any atom is -0.369 e. The second kappa shape index (κ2) is 8.55. The van der Waals surface area contributed by atoms with Crippen LogP contribution in [0.15, 0.2) is 45.9 Å². The van der Waals surface area contributed by atoms with Gasteiger partial charge in [0.05, 0.1) is 12.2 Å². The first-order chi connectivity index (χ1) is 16.2. The molecule has 2 aromatic carbocycles. The van der Waals surface area contributed by atoms with Crippen LogP contribution in [0.25, 0.3) is 11.1 Å². The van der Waals surface area contributed by atoms with Crippen LogP contribution >= 0.6 is 11.6 Å². The molecule has 2 N–H and O–H groups in total. The number of rotatable bonds is 1. The van der Waals surface area contributed by atoms with Crippen molar-refractivity contribution in [3.63, 3.8) is 0 Å². The third kappa shape index (κ3) is 4.20. The molecule has 6 nitrogen and oxygen atoms in total. The summed E-state index contributed by atoms with van der Waals surface area (Å²) in [6.45, 7) is 2.25. The molecule has 0 saturated carbocycles. The summed E-state index contributed by atoms with van der Waals surface area (Å²) in [6.07, 6.45) is 3.37. The minimum atomic E-state index is -0.383. The lowest BCUT2D eigenvalue weighted by molar-refractivity contribution is -0.129. The highest BCUT2D eigenvalue weighted by molar-refractivity contribution is 6.30. The molecule has 0 bridgehead atoms. The molecule has 1 spiro atoms. The van der Waals surface area contributed by atoms with Crippen molar-refractivity contribution in [2.24, 2.45) is 16.1 Å². The molecule has 34 heavy (non-hydrogen) atoms. The molecule has 3 aromatic rings. The Kier molecular flexibility index (Phi) is 5.68. The molecule has 0 saturated heterocycles. The monoisotopic (exact) mass is 480 g/mol. The average molecular weight is 481 g/mol. The Morgan fingerprint density at radius 1 is 1.12 bits per heavy atom. The molecular weight excluding hydrogens is 455 g/mol. The van der Waals surface area contributed by atoms with Crippen molar-refractivity contribution in [2.45, 2.75) is 45.6 Å². The van der Waals surface area contributed by atoms with Crippen LogP contribution in [-0.2, 0) is 30.6 Å². The average Bonchev–Trinajstić information content (AvgIpc) is 3.16. The van der Waals surface area contributed by atoms with Crippen LogP contribution in [0.5, 0.6) is 0 Å². The quantitative estimate of drug-likeness (QED) is 0.540. The smallest absolute Gasteiger partial charge is 0.229 e. The van der Waals surface area contributed by atoms with Crippen molar-refractivity contribution < 1.29 is 13.7 Å². The van der Waals surface area contributed by atoms with Crippen molar-refractivity contribution in [1.29, 1.82) is 0 Å². The van der Waals surface area contributed by atoms with E-state index >= 15 is 0 Å².